The van der Waals surface area contributed by atoms with Crippen LogP contribution in [0.3, 0.4) is 0 Å². The van der Waals surface area contributed by atoms with E-state index >= 15 is 0 Å². The zero-order chi connectivity index (χ0) is 7.33. The molecule has 1 nitrogen and oxygen atoms in total. The maximum absolute atomic E-state index is 2.27. The minimum Gasteiger partial charge on any atom is -0.325 e. The quantitative estimate of drug-likeness (QED) is 0.409. The molecule has 2 radical (unpaired) electrons. The largest absolute Gasteiger partial charge is 0.325 e. The summed E-state index contributed by atoms with van der Waals surface area (Å²) in [6.45, 7) is 14.2. The van der Waals surface area contributed by atoms with Gasteiger partial charge in [-0.2, -0.15) is 0 Å². The number of quaternary nitrogens is 1. The normalized spacial score (nSPS) is 10.8. The lowest BCUT2D eigenvalue weighted by Gasteiger charge is -2.34. The second-order valence-corrected chi connectivity index (χ2v) is 2.61. The van der Waals surface area contributed by atoms with E-state index < -0.39 is 0 Å². The van der Waals surface area contributed by atoms with Crippen LogP contribution in [0.25, 0.3) is 0 Å². The number of rotatable bonds is 4. The van der Waals surface area contributed by atoms with Gasteiger partial charge in [0, 0.05) is 8.41 Å². The molecule has 0 aromatic rings. The van der Waals surface area contributed by atoms with E-state index in [1.165, 1.54) is 30.7 Å². The van der Waals surface area contributed by atoms with Crippen LogP contribution in [0.4, 0.5) is 0 Å². The second kappa shape index (κ2) is 5.78. The minimum atomic E-state index is 0. The Balaban J connectivity index is 0. The topological polar surface area (TPSA) is 0 Å². The third-order valence-electron chi connectivity index (χ3n) is 2.68. The van der Waals surface area contributed by atoms with E-state index in [1.54, 1.807) is 0 Å². The maximum Gasteiger partial charge on any atom is 0.0757 e. The molecule has 0 N–H and O–H groups in total. The van der Waals surface area contributed by atoms with E-state index in [0.29, 0.717) is 0 Å². The van der Waals surface area contributed by atoms with Crippen LogP contribution in [-0.2, 0) is 0 Å². The first kappa shape index (κ1) is 12.7. The Hall–Kier alpha value is 0.0249. The molecule has 0 heterocycles. The Kier molecular flexibility index (Phi) is 7.33. The van der Waals surface area contributed by atoms with Crippen molar-refractivity contribution in [3.05, 3.63) is 0 Å². The number of hydrogen-bond donors (Lipinski definition) is 0. The minimum absolute atomic E-state index is 0. The summed E-state index contributed by atoms with van der Waals surface area (Å²) < 4.78 is 1.28. The SMILES string of the molecule is CC[N+](CC)(CC)CC.[BH]. The summed E-state index contributed by atoms with van der Waals surface area (Å²) in [6.07, 6.45) is 0. The van der Waals surface area contributed by atoms with Crippen LogP contribution in [-0.4, -0.2) is 39.1 Å². The van der Waals surface area contributed by atoms with Crippen LogP contribution in [0.15, 0.2) is 0 Å². The molecular weight excluding hydrogens is 121 g/mol. The highest BCUT2D eigenvalue weighted by Gasteiger charge is 2.16. The molecule has 60 valence electrons. The summed E-state index contributed by atoms with van der Waals surface area (Å²) in [6, 6.07) is 0. The average molecular weight is 142 g/mol. The van der Waals surface area contributed by atoms with Crippen molar-refractivity contribution < 1.29 is 4.48 Å². The summed E-state index contributed by atoms with van der Waals surface area (Å²) in [4.78, 5) is 0. The predicted molar refractivity (Wildman–Crippen MR) is 49.6 cm³/mol. The van der Waals surface area contributed by atoms with Gasteiger partial charge in [-0.1, -0.05) is 0 Å². The first-order chi connectivity index (χ1) is 4.24. The van der Waals surface area contributed by atoms with Crippen molar-refractivity contribution in [2.45, 2.75) is 27.7 Å². The second-order valence-electron chi connectivity index (χ2n) is 2.61. The van der Waals surface area contributed by atoms with E-state index in [-0.39, 0.29) is 8.41 Å². The van der Waals surface area contributed by atoms with Crippen molar-refractivity contribution in [1.82, 2.24) is 0 Å². The van der Waals surface area contributed by atoms with Gasteiger partial charge in [0.25, 0.3) is 0 Å². The van der Waals surface area contributed by atoms with Crippen LogP contribution < -0.4 is 0 Å². The third kappa shape index (κ3) is 2.74. The first-order valence-corrected chi connectivity index (χ1v) is 4.09. The van der Waals surface area contributed by atoms with Gasteiger partial charge in [0.15, 0.2) is 0 Å². The van der Waals surface area contributed by atoms with E-state index in [0.717, 1.165) is 0 Å². The third-order valence-corrected chi connectivity index (χ3v) is 2.68. The molecule has 0 saturated heterocycles. The van der Waals surface area contributed by atoms with Gasteiger partial charge in [0.05, 0.1) is 26.2 Å². The number of hydrogen-bond acceptors (Lipinski definition) is 0. The van der Waals surface area contributed by atoms with E-state index in [2.05, 4.69) is 27.7 Å². The molecule has 0 spiro atoms. The van der Waals surface area contributed by atoms with Gasteiger partial charge in [-0.25, -0.2) is 0 Å². The van der Waals surface area contributed by atoms with Gasteiger partial charge >= 0.3 is 0 Å². The first-order valence-electron chi connectivity index (χ1n) is 4.09. The molecule has 0 bridgehead atoms. The van der Waals surface area contributed by atoms with Crippen LogP contribution >= 0.6 is 0 Å². The van der Waals surface area contributed by atoms with Gasteiger partial charge in [0.2, 0.25) is 0 Å². The highest BCUT2D eigenvalue weighted by molar-refractivity contribution is 5.75. The smallest absolute Gasteiger partial charge is 0.0757 e. The molecule has 0 aliphatic carbocycles. The molecule has 0 aliphatic heterocycles. The molecule has 10 heavy (non-hydrogen) atoms. The van der Waals surface area contributed by atoms with Crippen molar-refractivity contribution in [1.29, 1.82) is 0 Å². The van der Waals surface area contributed by atoms with Gasteiger partial charge in [-0.3, -0.25) is 0 Å². The molecule has 0 amide bonds. The van der Waals surface area contributed by atoms with Crippen LogP contribution in [0.1, 0.15) is 27.7 Å². The summed E-state index contributed by atoms with van der Waals surface area (Å²) in [5, 5.41) is 0. The number of nitrogens with zero attached hydrogens (tertiary/aromatic N) is 1. The zero-order valence-electron chi connectivity index (χ0n) is 7.98. The van der Waals surface area contributed by atoms with E-state index in [1.807, 2.05) is 0 Å². The summed E-state index contributed by atoms with van der Waals surface area (Å²) in [5.41, 5.74) is 0. The lowest BCUT2D eigenvalue weighted by Crippen LogP contribution is -2.47. The standard InChI is InChI=1S/C8H20N.BH/c1-5-9(6-2,7-3)8-4;/h5-8H2,1-4H3;1H/q+1;. The van der Waals surface area contributed by atoms with Crippen LogP contribution in [0.2, 0.25) is 0 Å². The molecule has 0 unspecified atom stereocenters. The van der Waals surface area contributed by atoms with Crippen LogP contribution in [0.5, 0.6) is 0 Å². The Morgan fingerprint density at radius 3 is 0.900 bits per heavy atom. The lowest BCUT2D eigenvalue weighted by atomic mass is 10.3. The molecule has 2 heteroatoms. The fourth-order valence-corrected chi connectivity index (χ4v) is 1.34. The molecule has 0 saturated carbocycles. The van der Waals surface area contributed by atoms with Gasteiger partial charge in [-0.05, 0) is 27.7 Å². The molecule has 0 aromatic heterocycles. The van der Waals surface area contributed by atoms with Crippen LogP contribution in [0, 0.1) is 0 Å². The highest BCUT2D eigenvalue weighted by atomic mass is 15.3. The fraction of sp³-hybridized carbons (Fsp3) is 1.00. The van der Waals surface area contributed by atoms with Crippen molar-refractivity contribution >= 4 is 8.41 Å². The monoisotopic (exact) mass is 142 g/mol. The summed E-state index contributed by atoms with van der Waals surface area (Å²) in [7, 11) is 0. The van der Waals surface area contributed by atoms with E-state index in [4.69, 9.17) is 0 Å². The fourth-order valence-electron chi connectivity index (χ4n) is 1.34. The predicted octanol–water partition coefficient (Wildman–Crippen LogP) is 1.23. The van der Waals surface area contributed by atoms with Crippen molar-refractivity contribution in [2.75, 3.05) is 26.2 Å². The van der Waals surface area contributed by atoms with Gasteiger partial charge in [0.1, 0.15) is 0 Å². The van der Waals surface area contributed by atoms with Crippen molar-refractivity contribution in [2.24, 2.45) is 0 Å². The summed E-state index contributed by atoms with van der Waals surface area (Å²) >= 11 is 0. The Morgan fingerprint density at radius 2 is 0.900 bits per heavy atom. The maximum atomic E-state index is 2.27. The van der Waals surface area contributed by atoms with Gasteiger partial charge < -0.3 is 4.48 Å². The highest BCUT2D eigenvalue weighted by Crippen LogP contribution is 2.03. The van der Waals surface area contributed by atoms with E-state index in [9.17, 15) is 0 Å². The molecular formula is C8H21BN+. The van der Waals surface area contributed by atoms with Crippen molar-refractivity contribution in [3.8, 4) is 0 Å². The Morgan fingerprint density at radius 1 is 0.700 bits per heavy atom. The Labute approximate surface area is 67.6 Å². The molecule has 0 aromatic carbocycles. The summed E-state index contributed by atoms with van der Waals surface area (Å²) in [5.74, 6) is 0. The van der Waals surface area contributed by atoms with Crippen molar-refractivity contribution in [3.63, 3.8) is 0 Å². The molecule has 0 atom stereocenters. The van der Waals surface area contributed by atoms with Gasteiger partial charge in [-0.15, -0.1) is 0 Å². The zero-order valence-corrected chi connectivity index (χ0v) is 7.98. The molecule has 0 fully saturated rings. The lowest BCUT2D eigenvalue weighted by molar-refractivity contribution is -0.921. The Bertz CT molecular complexity index is 52.1. The molecule has 0 aliphatic rings. The molecule has 0 rings (SSSR count). The average Bonchev–Trinajstić information content (AvgIpc) is 1.95.